The van der Waals surface area contributed by atoms with Gasteiger partial charge in [-0.05, 0) is 12.5 Å². The minimum Gasteiger partial charge on any atom is -0.461 e. The first-order valence-corrected chi connectivity index (χ1v) is 8.66. The van der Waals surface area contributed by atoms with Crippen molar-refractivity contribution in [3.05, 3.63) is 35.9 Å². The van der Waals surface area contributed by atoms with Crippen LogP contribution in [0.15, 0.2) is 30.3 Å². The molecule has 2 N–H and O–H groups in total. The molecule has 0 aliphatic heterocycles. The number of anilines is 1. The first-order chi connectivity index (χ1) is 13.6. The lowest BCUT2D eigenvalue weighted by Gasteiger charge is -2.09. The molecule has 0 atom stereocenters. The van der Waals surface area contributed by atoms with Crippen molar-refractivity contribution < 1.29 is 23.7 Å². The predicted octanol–water partition coefficient (Wildman–Crippen LogP) is 2.02. The van der Waals surface area contributed by atoms with E-state index in [2.05, 4.69) is 15.0 Å². The highest BCUT2D eigenvalue weighted by atomic mass is 16.7. The van der Waals surface area contributed by atoms with Crippen molar-refractivity contribution in [3.63, 3.8) is 0 Å². The second-order valence-electron chi connectivity index (χ2n) is 5.66. The van der Waals surface area contributed by atoms with Crippen LogP contribution in [0.1, 0.15) is 12.5 Å². The summed E-state index contributed by atoms with van der Waals surface area (Å²) in [6.45, 7) is 2.85. The molecule has 0 unspecified atom stereocenters. The zero-order valence-electron chi connectivity index (χ0n) is 15.6. The van der Waals surface area contributed by atoms with Crippen LogP contribution in [0.3, 0.4) is 0 Å². The Morgan fingerprint density at radius 3 is 2.64 bits per heavy atom. The van der Waals surface area contributed by atoms with Gasteiger partial charge >= 0.3 is 18.2 Å². The van der Waals surface area contributed by atoms with Gasteiger partial charge in [-0.25, -0.2) is 4.79 Å². The van der Waals surface area contributed by atoms with E-state index in [-0.39, 0.29) is 31.1 Å². The zero-order valence-corrected chi connectivity index (χ0v) is 15.6. The van der Waals surface area contributed by atoms with E-state index >= 15 is 0 Å². The molecule has 0 spiro atoms. The van der Waals surface area contributed by atoms with Crippen LogP contribution in [0.5, 0.6) is 12.0 Å². The highest BCUT2D eigenvalue weighted by Gasteiger charge is 2.21. The summed E-state index contributed by atoms with van der Waals surface area (Å²) in [4.78, 5) is 24.6. The average Bonchev–Trinajstić information content (AvgIpc) is 3.01. The number of carbonyl (C=O) groups excluding carboxylic acids is 1. The van der Waals surface area contributed by atoms with Crippen molar-refractivity contribution in [2.24, 2.45) is 0 Å². The Morgan fingerprint density at radius 1 is 1.14 bits per heavy atom. The second kappa shape index (κ2) is 9.00. The number of carbonyl (C=O) groups is 1. The SMILES string of the molecule is CCOC(=O)Oc1nc2c(N)nc(OCCOC)nc2n1Cc1ccccc1. The number of ether oxygens (including phenoxy) is 4. The maximum Gasteiger partial charge on any atom is 0.516 e. The van der Waals surface area contributed by atoms with Crippen LogP contribution in [-0.4, -0.2) is 52.6 Å². The van der Waals surface area contributed by atoms with Crippen LogP contribution in [-0.2, 0) is 16.0 Å². The van der Waals surface area contributed by atoms with Crippen molar-refractivity contribution in [2.75, 3.05) is 32.7 Å². The van der Waals surface area contributed by atoms with Gasteiger partial charge in [0.05, 0.1) is 19.8 Å². The molecule has 10 nitrogen and oxygen atoms in total. The van der Waals surface area contributed by atoms with Gasteiger partial charge in [0.1, 0.15) is 6.61 Å². The fraction of sp³-hybridized carbons (Fsp3) is 0.333. The summed E-state index contributed by atoms with van der Waals surface area (Å²) in [6, 6.07) is 9.67. The number of aromatic nitrogens is 4. The standard InChI is InChI=1S/C18H21N5O5/c1-3-26-18(24)28-17-20-13-14(19)21-16(27-10-9-25-2)22-15(13)23(17)11-12-7-5-4-6-8-12/h4-8H,3,9-11H2,1-2H3,(H2,19,21,22). The van der Waals surface area contributed by atoms with Crippen molar-refractivity contribution in [2.45, 2.75) is 13.5 Å². The van der Waals surface area contributed by atoms with E-state index in [9.17, 15) is 4.79 Å². The van der Waals surface area contributed by atoms with Gasteiger partial charge in [0.15, 0.2) is 17.0 Å². The van der Waals surface area contributed by atoms with Crippen molar-refractivity contribution in [3.8, 4) is 12.0 Å². The molecule has 0 aliphatic carbocycles. The van der Waals surface area contributed by atoms with Gasteiger partial charge in [0.2, 0.25) is 0 Å². The summed E-state index contributed by atoms with van der Waals surface area (Å²) < 4.78 is 22.1. The second-order valence-corrected chi connectivity index (χ2v) is 5.66. The number of nitrogens with two attached hydrogens (primary N) is 1. The van der Waals surface area contributed by atoms with Crippen molar-refractivity contribution in [1.82, 2.24) is 19.5 Å². The lowest BCUT2D eigenvalue weighted by atomic mass is 10.2. The molecule has 2 heterocycles. The minimum absolute atomic E-state index is 0.00680. The lowest BCUT2D eigenvalue weighted by Crippen LogP contribution is -2.14. The number of nitrogens with zero attached hydrogens (tertiary/aromatic N) is 4. The van der Waals surface area contributed by atoms with Crippen LogP contribution in [0, 0.1) is 0 Å². The summed E-state index contributed by atoms with van der Waals surface area (Å²) in [5, 5.41) is 0. The number of rotatable bonds is 8. The number of imidazole rings is 1. The molecule has 1 aromatic carbocycles. The summed E-state index contributed by atoms with van der Waals surface area (Å²) in [6.07, 6.45) is -0.866. The van der Waals surface area contributed by atoms with Gasteiger partial charge in [0, 0.05) is 7.11 Å². The van der Waals surface area contributed by atoms with E-state index in [4.69, 9.17) is 24.7 Å². The predicted molar refractivity (Wildman–Crippen MR) is 100 cm³/mol. The molecule has 148 valence electrons. The summed E-state index contributed by atoms with van der Waals surface area (Å²) in [7, 11) is 1.57. The van der Waals surface area contributed by atoms with E-state index in [1.807, 2.05) is 30.3 Å². The Hall–Kier alpha value is -3.40. The number of nitrogen functional groups attached to an aromatic ring is 1. The smallest absolute Gasteiger partial charge is 0.461 e. The van der Waals surface area contributed by atoms with Crippen LogP contribution in [0.4, 0.5) is 10.6 Å². The average molecular weight is 387 g/mol. The van der Waals surface area contributed by atoms with Gasteiger partial charge in [-0.2, -0.15) is 15.0 Å². The maximum atomic E-state index is 11.8. The normalized spacial score (nSPS) is 10.8. The molecule has 10 heteroatoms. The molecule has 0 saturated heterocycles. The third-order valence-corrected chi connectivity index (χ3v) is 3.71. The Morgan fingerprint density at radius 2 is 1.93 bits per heavy atom. The van der Waals surface area contributed by atoms with E-state index in [1.165, 1.54) is 0 Å². The first kappa shape index (κ1) is 19.4. The maximum absolute atomic E-state index is 11.8. The van der Waals surface area contributed by atoms with E-state index < -0.39 is 6.16 Å². The Labute approximate surface area is 161 Å². The van der Waals surface area contributed by atoms with Crippen LogP contribution in [0.25, 0.3) is 11.2 Å². The molecule has 28 heavy (non-hydrogen) atoms. The lowest BCUT2D eigenvalue weighted by molar-refractivity contribution is 0.0995. The third kappa shape index (κ3) is 4.46. The highest BCUT2D eigenvalue weighted by molar-refractivity contribution is 5.83. The summed E-state index contributed by atoms with van der Waals surface area (Å²) >= 11 is 0. The number of fused-ring (bicyclic) bond motifs is 1. The Kier molecular flexibility index (Phi) is 6.22. The topological polar surface area (TPSA) is 124 Å². The van der Waals surface area contributed by atoms with Gasteiger partial charge in [-0.1, -0.05) is 30.3 Å². The molecule has 0 amide bonds. The van der Waals surface area contributed by atoms with E-state index in [1.54, 1.807) is 18.6 Å². The van der Waals surface area contributed by atoms with Gasteiger partial charge in [-0.15, -0.1) is 0 Å². The zero-order chi connectivity index (χ0) is 19.9. The molecule has 0 aliphatic rings. The quantitative estimate of drug-likeness (QED) is 0.456. The molecule has 0 fully saturated rings. The molecule has 2 aromatic heterocycles. The van der Waals surface area contributed by atoms with Crippen LogP contribution in [0.2, 0.25) is 0 Å². The minimum atomic E-state index is -0.866. The molecule has 3 aromatic rings. The third-order valence-electron chi connectivity index (χ3n) is 3.71. The fourth-order valence-electron chi connectivity index (χ4n) is 2.47. The largest absolute Gasteiger partial charge is 0.516 e. The summed E-state index contributed by atoms with van der Waals surface area (Å²) in [5.41, 5.74) is 7.65. The van der Waals surface area contributed by atoms with Crippen molar-refractivity contribution >= 4 is 23.1 Å². The van der Waals surface area contributed by atoms with E-state index in [0.717, 1.165) is 5.56 Å². The van der Waals surface area contributed by atoms with Crippen LogP contribution >= 0.6 is 0 Å². The molecule has 0 radical (unpaired) electrons. The van der Waals surface area contributed by atoms with Gasteiger partial charge < -0.3 is 24.7 Å². The molecule has 3 rings (SSSR count). The molecular formula is C18H21N5O5. The first-order valence-electron chi connectivity index (χ1n) is 8.66. The van der Waals surface area contributed by atoms with Gasteiger partial charge in [0.25, 0.3) is 0 Å². The number of hydrogen-bond donors (Lipinski definition) is 1. The Balaban J connectivity index is 2.03. The summed E-state index contributed by atoms with van der Waals surface area (Å²) in [5.74, 6) is 0.109. The molecule has 0 bridgehead atoms. The monoisotopic (exact) mass is 387 g/mol. The Bertz CT molecular complexity index is 944. The van der Waals surface area contributed by atoms with Gasteiger partial charge in [-0.3, -0.25) is 4.57 Å². The highest BCUT2D eigenvalue weighted by Crippen LogP contribution is 2.26. The molecule has 0 saturated carbocycles. The number of hydrogen-bond acceptors (Lipinski definition) is 9. The van der Waals surface area contributed by atoms with Crippen LogP contribution < -0.4 is 15.2 Å². The molecular weight excluding hydrogens is 366 g/mol. The number of methoxy groups -OCH3 is 1. The van der Waals surface area contributed by atoms with E-state index in [0.29, 0.717) is 24.3 Å². The van der Waals surface area contributed by atoms with Crippen molar-refractivity contribution in [1.29, 1.82) is 0 Å². The number of benzene rings is 1. The fourth-order valence-corrected chi connectivity index (χ4v) is 2.47.